The zero-order valence-corrected chi connectivity index (χ0v) is 12.2. The van der Waals surface area contributed by atoms with Crippen molar-refractivity contribution >= 4 is 21.6 Å². The maximum Gasteiger partial charge on any atom is 0.174 e. The molecule has 1 N–H and O–H groups in total. The molecule has 17 heavy (non-hydrogen) atoms. The summed E-state index contributed by atoms with van der Waals surface area (Å²) in [4.78, 5) is 0. The van der Waals surface area contributed by atoms with E-state index in [9.17, 15) is 0 Å². The Kier molecular flexibility index (Phi) is 6.55. The van der Waals surface area contributed by atoms with E-state index in [1.807, 2.05) is 19.9 Å². The van der Waals surface area contributed by atoms with Gasteiger partial charge in [0.1, 0.15) is 0 Å². The maximum atomic E-state index is 5.47. The monoisotopic (exact) mass is 301 g/mol. The quantitative estimate of drug-likeness (QED) is 0.781. The Labute approximate surface area is 112 Å². The highest BCUT2D eigenvalue weighted by Gasteiger charge is 2.08. The molecule has 1 rings (SSSR count). The number of hydrogen-bond donors (Lipinski definition) is 1. The summed E-state index contributed by atoms with van der Waals surface area (Å²) in [5.41, 5.74) is 2.29. The van der Waals surface area contributed by atoms with E-state index < -0.39 is 0 Å². The Balaban J connectivity index is 2.52. The number of ether oxygens (including phenoxy) is 2. The first kappa shape index (κ1) is 14.5. The predicted molar refractivity (Wildman–Crippen MR) is 74.4 cm³/mol. The van der Waals surface area contributed by atoms with E-state index in [-0.39, 0.29) is 6.29 Å². The molecule has 0 fully saturated rings. The molecule has 4 heteroatoms. The van der Waals surface area contributed by atoms with Gasteiger partial charge in [0.25, 0.3) is 0 Å². The molecule has 0 bridgehead atoms. The minimum Gasteiger partial charge on any atom is -0.379 e. The zero-order valence-electron chi connectivity index (χ0n) is 10.6. The van der Waals surface area contributed by atoms with Crippen LogP contribution in [0.4, 0.5) is 5.69 Å². The lowest BCUT2D eigenvalue weighted by Crippen LogP contribution is -2.26. The molecule has 0 amide bonds. The van der Waals surface area contributed by atoms with Gasteiger partial charge in [-0.05, 0) is 54.4 Å². The lowest BCUT2D eigenvalue weighted by molar-refractivity contribution is -0.126. The molecule has 1 aromatic carbocycles. The fourth-order valence-corrected chi connectivity index (χ4v) is 2.13. The van der Waals surface area contributed by atoms with Crippen LogP contribution in [0.2, 0.25) is 0 Å². The standard InChI is InChI=1S/C13H20BrNO2/c1-4-16-13(17-5-2)9-15-12-7-6-10(3)8-11(12)14/h6-8,13,15H,4-5,9H2,1-3H3. The van der Waals surface area contributed by atoms with Gasteiger partial charge in [-0.1, -0.05) is 6.07 Å². The van der Waals surface area contributed by atoms with Gasteiger partial charge in [0, 0.05) is 23.4 Å². The van der Waals surface area contributed by atoms with Gasteiger partial charge in [-0.3, -0.25) is 0 Å². The first-order valence-corrected chi connectivity index (χ1v) is 6.69. The molecule has 0 saturated heterocycles. The lowest BCUT2D eigenvalue weighted by atomic mass is 10.2. The average molecular weight is 302 g/mol. The van der Waals surface area contributed by atoms with E-state index in [0.29, 0.717) is 19.8 Å². The van der Waals surface area contributed by atoms with Crippen molar-refractivity contribution in [2.24, 2.45) is 0 Å². The minimum absolute atomic E-state index is 0.196. The molecule has 0 aliphatic rings. The first-order valence-electron chi connectivity index (χ1n) is 5.90. The van der Waals surface area contributed by atoms with Gasteiger partial charge in [-0.15, -0.1) is 0 Å². The molecule has 96 valence electrons. The van der Waals surface area contributed by atoms with Crippen LogP contribution >= 0.6 is 15.9 Å². The molecule has 0 radical (unpaired) electrons. The SMILES string of the molecule is CCOC(CNc1ccc(C)cc1Br)OCC. The van der Waals surface area contributed by atoms with Crippen LogP contribution in [0.3, 0.4) is 0 Å². The summed E-state index contributed by atoms with van der Waals surface area (Å²) in [7, 11) is 0. The number of halogens is 1. The molecule has 0 aliphatic heterocycles. The molecular weight excluding hydrogens is 282 g/mol. The molecule has 0 saturated carbocycles. The Bertz CT molecular complexity index is 338. The van der Waals surface area contributed by atoms with Crippen molar-refractivity contribution in [1.82, 2.24) is 0 Å². The maximum absolute atomic E-state index is 5.47. The first-order chi connectivity index (χ1) is 8.17. The second-order valence-electron chi connectivity index (χ2n) is 3.70. The summed E-state index contributed by atoms with van der Waals surface area (Å²) >= 11 is 3.53. The Morgan fingerprint density at radius 2 is 1.88 bits per heavy atom. The molecule has 0 unspecified atom stereocenters. The van der Waals surface area contributed by atoms with Crippen molar-refractivity contribution in [2.75, 3.05) is 25.1 Å². The van der Waals surface area contributed by atoms with Crippen molar-refractivity contribution in [3.05, 3.63) is 28.2 Å². The van der Waals surface area contributed by atoms with Gasteiger partial charge >= 0.3 is 0 Å². The van der Waals surface area contributed by atoms with Crippen molar-refractivity contribution in [3.63, 3.8) is 0 Å². The number of hydrogen-bond acceptors (Lipinski definition) is 3. The van der Waals surface area contributed by atoms with Gasteiger partial charge in [0.05, 0.1) is 6.54 Å². The summed E-state index contributed by atoms with van der Waals surface area (Å²) in [5.74, 6) is 0. The van der Waals surface area contributed by atoms with Gasteiger partial charge < -0.3 is 14.8 Å². The zero-order chi connectivity index (χ0) is 12.7. The minimum atomic E-state index is -0.196. The summed E-state index contributed by atoms with van der Waals surface area (Å²) in [5, 5.41) is 3.31. The van der Waals surface area contributed by atoms with Crippen LogP contribution in [-0.4, -0.2) is 26.0 Å². The highest BCUT2D eigenvalue weighted by molar-refractivity contribution is 9.10. The molecular formula is C13H20BrNO2. The fraction of sp³-hybridized carbons (Fsp3) is 0.538. The summed E-state index contributed by atoms with van der Waals surface area (Å²) in [6, 6.07) is 6.20. The smallest absolute Gasteiger partial charge is 0.174 e. The van der Waals surface area contributed by atoms with E-state index in [4.69, 9.17) is 9.47 Å². The normalized spacial score (nSPS) is 10.9. The molecule has 0 heterocycles. The van der Waals surface area contributed by atoms with E-state index in [2.05, 4.69) is 40.3 Å². The topological polar surface area (TPSA) is 30.5 Å². The van der Waals surface area contributed by atoms with Gasteiger partial charge in [-0.25, -0.2) is 0 Å². The van der Waals surface area contributed by atoms with Crippen LogP contribution in [0.25, 0.3) is 0 Å². The number of aryl methyl sites for hydroxylation is 1. The van der Waals surface area contributed by atoms with Crippen LogP contribution < -0.4 is 5.32 Å². The summed E-state index contributed by atoms with van der Waals surface area (Å²) in [6.45, 7) is 7.95. The largest absolute Gasteiger partial charge is 0.379 e. The average Bonchev–Trinajstić information content (AvgIpc) is 2.28. The van der Waals surface area contributed by atoms with Crippen molar-refractivity contribution in [2.45, 2.75) is 27.1 Å². The Hall–Kier alpha value is -0.580. The molecule has 0 spiro atoms. The number of nitrogens with one attached hydrogen (secondary N) is 1. The molecule has 0 aromatic heterocycles. The second-order valence-corrected chi connectivity index (χ2v) is 4.56. The van der Waals surface area contributed by atoms with Crippen molar-refractivity contribution in [3.8, 4) is 0 Å². The van der Waals surface area contributed by atoms with E-state index >= 15 is 0 Å². The predicted octanol–water partition coefficient (Wildman–Crippen LogP) is 3.57. The number of benzene rings is 1. The highest BCUT2D eigenvalue weighted by Crippen LogP contribution is 2.23. The third-order valence-electron chi connectivity index (χ3n) is 2.29. The van der Waals surface area contributed by atoms with Gasteiger partial charge in [0.2, 0.25) is 0 Å². The Morgan fingerprint density at radius 3 is 2.41 bits per heavy atom. The van der Waals surface area contributed by atoms with Crippen LogP contribution in [-0.2, 0) is 9.47 Å². The lowest BCUT2D eigenvalue weighted by Gasteiger charge is -2.18. The van der Waals surface area contributed by atoms with Crippen LogP contribution in [0, 0.1) is 6.92 Å². The Morgan fingerprint density at radius 1 is 1.24 bits per heavy atom. The number of rotatable bonds is 7. The van der Waals surface area contributed by atoms with E-state index in [1.165, 1.54) is 5.56 Å². The van der Waals surface area contributed by atoms with Crippen LogP contribution in [0.5, 0.6) is 0 Å². The third kappa shape index (κ3) is 5.06. The molecule has 3 nitrogen and oxygen atoms in total. The highest BCUT2D eigenvalue weighted by atomic mass is 79.9. The third-order valence-corrected chi connectivity index (χ3v) is 2.94. The van der Waals surface area contributed by atoms with Crippen LogP contribution in [0.1, 0.15) is 19.4 Å². The molecule has 0 aliphatic carbocycles. The second kappa shape index (κ2) is 7.69. The van der Waals surface area contributed by atoms with E-state index in [1.54, 1.807) is 0 Å². The number of anilines is 1. The molecule has 1 aromatic rings. The van der Waals surface area contributed by atoms with Gasteiger partial charge in [0.15, 0.2) is 6.29 Å². The summed E-state index contributed by atoms with van der Waals surface area (Å²) in [6.07, 6.45) is -0.196. The molecule has 0 atom stereocenters. The van der Waals surface area contributed by atoms with E-state index in [0.717, 1.165) is 10.2 Å². The van der Waals surface area contributed by atoms with Gasteiger partial charge in [-0.2, -0.15) is 0 Å². The van der Waals surface area contributed by atoms with Crippen molar-refractivity contribution in [1.29, 1.82) is 0 Å². The van der Waals surface area contributed by atoms with Crippen molar-refractivity contribution < 1.29 is 9.47 Å². The fourth-order valence-electron chi connectivity index (χ4n) is 1.49. The van der Waals surface area contributed by atoms with Crippen LogP contribution in [0.15, 0.2) is 22.7 Å². The summed E-state index contributed by atoms with van der Waals surface area (Å²) < 4.78 is 12.0.